The van der Waals surface area contributed by atoms with Crippen LogP contribution in [0.25, 0.3) is 0 Å². The SMILES string of the molecule is Cn1c(N)nnc1SCC1Cc2ccccc2S1. The summed E-state index contributed by atoms with van der Waals surface area (Å²) in [5.74, 6) is 1.51. The van der Waals surface area contributed by atoms with E-state index in [4.69, 9.17) is 5.73 Å². The lowest BCUT2D eigenvalue weighted by Gasteiger charge is -2.07. The van der Waals surface area contributed by atoms with E-state index in [0.29, 0.717) is 11.2 Å². The Morgan fingerprint density at radius 3 is 3.00 bits per heavy atom. The number of aromatic nitrogens is 3. The van der Waals surface area contributed by atoms with Crippen molar-refractivity contribution < 1.29 is 0 Å². The molecule has 0 spiro atoms. The van der Waals surface area contributed by atoms with Gasteiger partial charge in [0.05, 0.1) is 0 Å². The molecule has 1 aliphatic heterocycles. The zero-order chi connectivity index (χ0) is 12.5. The van der Waals surface area contributed by atoms with Gasteiger partial charge in [-0.2, -0.15) is 0 Å². The molecule has 2 aromatic rings. The second kappa shape index (κ2) is 4.85. The van der Waals surface area contributed by atoms with Crippen molar-refractivity contribution in [3.05, 3.63) is 29.8 Å². The molecule has 0 fully saturated rings. The molecule has 2 N–H and O–H groups in total. The Labute approximate surface area is 114 Å². The maximum absolute atomic E-state index is 5.66. The van der Waals surface area contributed by atoms with Crippen LogP contribution in [0, 0.1) is 0 Å². The zero-order valence-electron chi connectivity index (χ0n) is 10.0. The molecule has 1 unspecified atom stereocenters. The van der Waals surface area contributed by atoms with Crippen molar-refractivity contribution >= 4 is 29.5 Å². The van der Waals surface area contributed by atoms with Gasteiger partial charge in [-0.15, -0.1) is 22.0 Å². The molecule has 1 aromatic carbocycles. The molecule has 18 heavy (non-hydrogen) atoms. The lowest BCUT2D eigenvalue weighted by Crippen LogP contribution is -2.05. The lowest BCUT2D eigenvalue weighted by molar-refractivity contribution is 0.794. The van der Waals surface area contributed by atoms with Crippen molar-refractivity contribution in [2.45, 2.75) is 21.7 Å². The predicted molar refractivity (Wildman–Crippen MR) is 75.9 cm³/mol. The van der Waals surface area contributed by atoms with E-state index >= 15 is 0 Å². The van der Waals surface area contributed by atoms with Gasteiger partial charge in [-0.05, 0) is 18.1 Å². The predicted octanol–water partition coefficient (Wildman–Crippen LogP) is 2.21. The van der Waals surface area contributed by atoms with Gasteiger partial charge in [-0.25, -0.2) is 0 Å². The molecule has 0 bridgehead atoms. The molecule has 6 heteroatoms. The second-order valence-electron chi connectivity index (χ2n) is 4.26. The molecule has 0 saturated carbocycles. The summed E-state index contributed by atoms with van der Waals surface area (Å²) >= 11 is 3.68. The largest absolute Gasteiger partial charge is 0.368 e. The fourth-order valence-corrected chi connectivity index (χ4v) is 4.36. The number of nitrogen functional groups attached to an aromatic ring is 1. The summed E-state index contributed by atoms with van der Waals surface area (Å²) in [5.41, 5.74) is 7.13. The summed E-state index contributed by atoms with van der Waals surface area (Å²) in [6.07, 6.45) is 1.14. The summed E-state index contributed by atoms with van der Waals surface area (Å²) in [6.45, 7) is 0. The smallest absolute Gasteiger partial charge is 0.222 e. The third-order valence-corrected chi connectivity index (χ3v) is 5.69. The molecule has 1 atom stereocenters. The molecular weight excluding hydrogens is 264 g/mol. The summed E-state index contributed by atoms with van der Waals surface area (Å²) < 4.78 is 1.83. The number of benzene rings is 1. The van der Waals surface area contributed by atoms with Crippen LogP contribution in [0.1, 0.15) is 5.56 Å². The number of hydrogen-bond acceptors (Lipinski definition) is 5. The van der Waals surface area contributed by atoms with E-state index in [0.717, 1.165) is 17.3 Å². The summed E-state index contributed by atoms with van der Waals surface area (Å²) in [7, 11) is 1.90. The molecule has 1 aliphatic rings. The minimum absolute atomic E-state index is 0.472. The van der Waals surface area contributed by atoms with Crippen molar-refractivity contribution in [2.24, 2.45) is 7.05 Å². The van der Waals surface area contributed by atoms with Crippen molar-refractivity contribution in [1.82, 2.24) is 14.8 Å². The molecule has 0 radical (unpaired) electrons. The Balaban J connectivity index is 1.62. The first-order valence-corrected chi connectivity index (χ1v) is 7.63. The van der Waals surface area contributed by atoms with Crippen LogP contribution in [0.5, 0.6) is 0 Å². The topological polar surface area (TPSA) is 56.7 Å². The van der Waals surface area contributed by atoms with Gasteiger partial charge in [0, 0.05) is 22.9 Å². The average molecular weight is 278 g/mol. The van der Waals surface area contributed by atoms with E-state index in [9.17, 15) is 0 Å². The van der Waals surface area contributed by atoms with Gasteiger partial charge in [0.2, 0.25) is 5.95 Å². The average Bonchev–Trinajstić information content (AvgIpc) is 2.92. The Morgan fingerprint density at radius 1 is 1.44 bits per heavy atom. The molecule has 4 nitrogen and oxygen atoms in total. The van der Waals surface area contributed by atoms with Gasteiger partial charge in [-0.3, -0.25) is 4.57 Å². The number of rotatable bonds is 3. The van der Waals surface area contributed by atoms with Crippen LogP contribution in [-0.2, 0) is 13.5 Å². The van der Waals surface area contributed by atoms with E-state index < -0.39 is 0 Å². The number of nitrogens with zero attached hydrogens (tertiary/aromatic N) is 3. The van der Waals surface area contributed by atoms with Crippen molar-refractivity contribution in [3.63, 3.8) is 0 Å². The first-order valence-electron chi connectivity index (χ1n) is 5.76. The molecular formula is C12H14N4S2. The molecule has 1 aromatic heterocycles. The number of hydrogen-bond donors (Lipinski definition) is 1. The normalized spacial score (nSPS) is 17.9. The highest BCUT2D eigenvalue weighted by molar-refractivity contribution is 8.03. The number of anilines is 1. The third kappa shape index (κ3) is 2.22. The van der Waals surface area contributed by atoms with E-state index in [1.807, 2.05) is 23.4 Å². The Morgan fingerprint density at radius 2 is 2.28 bits per heavy atom. The first-order chi connectivity index (χ1) is 8.74. The fraction of sp³-hybridized carbons (Fsp3) is 0.333. The summed E-state index contributed by atoms with van der Waals surface area (Å²) in [4.78, 5) is 1.42. The Bertz CT molecular complexity index is 542. The molecule has 0 saturated heterocycles. The molecule has 0 amide bonds. The van der Waals surface area contributed by atoms with Gasteiger partial charge >= 0.3 is 0 Å². The molecule has 3 rings (SSSR count). The molecule has 2 heterocycles. The third-order valence-electron chi connectivity index (χ3n) is 2.98. The van der Waals surface area contributed by atoms with Crippen molar-refractivity contribution in [3.8, 4) is 0 Å². The zero-order valence-corrected chi connectivity index (χ0v) is 11.7. The number of fused-ring (bicyclic) bond motifs is 1. The van der Waals surface area contributed by atoms with Crippen LogP contribution in [-0.4, -0.2) is 25.8 Å². The van der Waals surface area contributed by atoms with Gasteiger partial charge in [0.1, 0.15) is 0 Å². The van der Waals surface area contributed by atoms with E-state index in [2.05, 4.69) is 34.5 Å². The van der Waals surface area contributed by atoms with Crippen LogP contribution in [0.15, 0.2) is 34.3 Å². The maximum Gasteiger partial charge on any atom is 0.222 e. The van der Waals surface area contributed by atoms with E-state index in [-0.39, 0.29) is 0 Å². The highest BCUT2D eigenvalue weighted by Crippen LogP contribution is 2.38. The minimum atomic E-state index is 0.472. The van der Waals surface area contributed by atoms with Gasteiger partial charge in [-0.1, -0.05) is 30.0 Å². The summed E-state index contributed by atoms with van der Waals surface area (Å²) in [6, 6.07) is 8.63. The fourth-order valence-electron chi connectivity index (χ4n) is 1.97. The molecule has 0 aliphatic carbocycles. The highest BCUT2D eigenvalue weighted by Gasteiger charge is 2.22. The standard InChI is InChI=1S/C12H14N4S2/c1-16-11(13)14-15-12(16)17-7-9-6-8-4-2-3-5-10(8)18-9/h2-5,9H,6-7H2,1H3,(H2,13,14). The van der Waals surface area contributed by atoms with Crippen LogP contribution >= 0.6 is 23.5 Å². The monoisotopic (exact) mass is 278 g/mol. The van der Waals surface area contributed by atoms with E-state index in [1.165, 1.54) is 10.5 Å². The highest BCUT2D eigenvalue weighted by atomic mass is 32.2. The molecule has 94 valence electrons. The Hall–Kier alpha value is -1.14. The van der Waals surface area contributed by atoms with Gasteiger partial charge in [0.25, 0.3) is 0 Å². The van der Waals surface area contributed by atoms with Crippen LogP contribution < -0.4 is 5.73 Å². The first kappa shape index (κ1) is 11.9. The van der Waals surface area contributed by atoms with Crippen LogP contribution in [0.4, 0.5) is 5.95 Å². The number of thioether (sulfide) groups is 2. The quantitative estimate of drug-likeness (QED) is 0.872. The van der Waals surface area contributed by atoms with Crippen LogP contribution in [0.3, 0.4) is 0 Å². The van der Waals surface area contributed by atoms with Crippen molar-refractivity contribution in [1.29, 1.82) is 0 Å². The van der Waals surface area contributed by atoms with Crippen molar-refractivity contribution in [2.75, 3.05) is 11.5 Å². The lowest BCUT2D eigenvalue weighted by atomic mass is 10.1. The second-order valence-corrected chi connectivity index (χ2v) is 6.59. The maximum atomic E-state index is 5.66. The summed E-state index contributed by atoms with van der Waals surface area (Å²) in [5, 5.41) is 9.44. The van der Waals surface area contributed by atoms with Crippen LogP contribution in [0.2, 0.25) is 0 Å². The Kier molecular flexibility index (Phi) is 3.22. The van der Waals surface area contributed by atoms with Gasteiger partial charge in [0.15, 0.2) is 5.16 Å². The van der Waals surface area contributed by atoms with E-state index in [1.54, 1.807) is 11.8 Å². The number of nitrogens with two attached hydrogens (primary N) is 1. The van der Waals surface area contributed by atoms with Gasteiger partial charge < -0.3 is 5.73 Å². The minimum Gasteiger partial charge on any atom is -0.368 e.